The van der Waals surface area contributed by atoms with Crippen molar-refractivity contribution in [3.05, 3.63) is 65.5 Å². The largest absolute Gasteiger partial charge is 0.416 e. The lowest BCUT2D eigenvalue weighted by Gasteiger charge is -2.28. The summed E-state index contributed by atoms with van der Waals surface area (Å²) in [4.78, 5) is 12.4. The number of rotatable bonds is 6. The van der Waals surface area contributed by atoms with Crippen LogP contribution in [0.5, 0.6) is 0 Å². The summed E-state index contributed by atoms with van der Waals surface area (Å²) >= 11 is 0. The molecular weight excluding hydrogens is 400 g/mol. The van der Waals surface area contributed by atoms with Gasteiger partial charge in [-0.25, -0.2) is 12.8 Å². The van der Waals surface area contributed by atoms with E-state index in [1.54, 1.807) is 0 Å². The Hall–Kier alpha value is -2.62. The van der Waals surface area contributed by atoms with Gasteiger partial charge in [-0.1, -0.05) is 18.2 Å². The second kappa shape index (κ2) is 8.17. The Balaban J connectivity index is 2.25. The molecule has 5 nitrogen and oxygen atoms in total. The number of benzene rings is 2. The van der Waals surface area contributed by atoms with Crippen molar-refractivity contribution < 1.29 is 30.8 Å². The van der Waals surface area contributed by atoms with Crippen molar-refractivity contribution in [2.45, 2.75) is 25.7 Å². The van der Waals surface area contributed by atoms with Crippen LogP contribution in [0.4, 0.5) is 23.2 Å². The molecule has 28 heavy (non-hydrogen) atoms. The van der Waals surface area contributed by atoms with Crippen LogP contribution in [0.3, 0.4) is 0 Å². The minimum absolute atomic E-state index is 0.00362. The number of alkyl halides is 3. The third kappa shape index (κ3) is 5.44. The zero-order chi connectivity index (χ0) is 21.1. The number of nitrogens with one attached hydrogen (secondary N) is 1. The van der Waals surface area contributed by atoms with Gasteiger partial charge in [0.15, 0.2) is 0 Å². The molecule has 1 amide bonds. The number of carbonyl (C=O) groups excluding carboxylic acids is 1. The fraction of sp³-hybridized carbons (Fsp3) is 0.278. The molecule has 0 saturated heterocycles. The molecule has 2 aromatic carbocycles. The van der Waals surface area contributed by atoms with Crippen molar-refractivity contribution in [2.24, 2.45) is 0 Å². The second-order valence-electron chi connectivity index (χ2n) is 6.13. The van der Waals surface area contributed by atoms with E-state index in [0.29, 0.717) is 15.9 Å². The van der Waals surface area contributed by atoms with Gasteiger partial charge in [0.2, 0.25) is 15.9 Å². The zero-order valence-electron chi connectivity index (χ0n) is 15.0. The Morgan fingerprint density at radius 3 is 2.29 bits per heavy atom. The van der Waals surface area contributed by atoms with Crippen molar-refractivity contribution in [1.29, 1.82) is 0 Å². The number of carbonyl (C=O) groups is 1. The van der Waals surface area contributed by atoms with Gasteiger partial charge in [-0.05, 0) is 42.8 Å². The van der Waals surface area contributed by atoms with Crippen molar-refractivity contribution in [3.63, 3.8) is 0 Å². The molecule has 0 bridgehead atoms. The fourth-order valence-corrected chi connectivity index (χ4v) is 3.73. The molecule has 0 aliphatic carbocycles. The molecule has 10 heteroatoms. The van der Waals surface area contributed by atoms with Crippen LogP contribution in [-0.2, 0) is 27.5 Å². The summed E-state index contributed by atoms with van der Waals surface area (Å²) in [5.41, 5.74) is -0.730. The topological polar surface area (TPSA) is 66.5 Å². The van der Waals surface area contributed by atoms with Gasteiger partial charge < -0.3 is 5.32 Å². The van der Waals surface area contributed by atoms with Crippen LogP contribution in [0.25, 0.3) is 0 Å². The van der Waals surface area contributed by atoms with E-state index in [2.05, 4.69) is 5.32 Å². The van der Waals surface area contributed by atoms with E-state index in [1.165, 1.54) is 37.3 Å². The smallest absolute Gasteiger partial charge is 0.350 e. The van der Waals surface area contributed by atoms with Crippen LogP contribution in [0.1, 0.15) is 18.1 Å². The van der Waals surface area contributed by atoms with Crippen LogP contribution in [0.15, 0.2) is 48.5 Å². The first kappa shape index (κ1) is 21.7. The van der Waals surface area contributed by atoms with E-state index < -0.39 is 39.5 Å². The average Bonchev–Trinajstić information content (AvgIpc) is 2.59. The fourth-order valence-electron chi connectivity index (χ4n) is 2.57. The van der Waals surface area contributed by atoms with Crippen molar-refractivity contribution in [2.75, 3.05) is 10.6 Å². The predicted molar refractivity (Wildman–Crippen MR) is 96.5 cm³/mol. The third-order valence-electron chi connectivity index (χ3n) is 3.90. The van der Waals surface area contributed by atoms with Gasteiger partial charge in [0.05, 0.1) is 17.5 Å². The highest BCUT2D eigenvalue weighted by Crippen LogP contribution is 2.32. The Morgan fingerprint density at radius 1 is 1.14 bits per heavy atom. The first-order valence-corrected chi connectivity index (χ1v) is 9.93. The summed E-state index contributed by atoms with van der Waals surface area (Å²) in [6.07, 6.45) is -3.86. The molecule has 0 aromatic heterocycles. The highest BCUT2D eigenvalue weighted by Gasteiger charge is 2.34. The molecule has 0 aliphatic heterocycles. The van der Waals surface area contributed by atoms with E-state index >= 15 is 0 Å². The molecule has 2 rings (SSSR count). The van der Waals surface area contributed by atoms with Crippen LogP contribution in [-0.4, -0.2) is 26.6 Å². The van der Waals surface area contributed by atoms with E-state index in [1.807, 2.05) is 0 Å². The molecule has 0 aliphatic rings. The van der Waals surface area contributed by atoms with E-state index in [4.69, 9.17) is 0 Å². The summed E-state index contributed by atoms with van der Waals surface area (Å²) in [6.45, 7) is 1.27. The molecule has 0 radical (unpaired) electrons. The first-order chi connectivity index (χ1) is 12.9. The number of halogens is 4. The summed E-state index contributed by atoms with van der Waals surface area (Å²) in [7, 11) is -4.06. The van der Waals surface area contributed by atoms with Gasteiger partial charge in [-0.2, -0.15) is 13.2 Å². The van der Waals surface area contributed by atoms with Crippen LogP contribution in [0, 0.1) is 5.82 Å². The molecule has 152 valence electrons. The van der Waals surface area contributed by atoms with Crippen molar-refractivity contribution in [3.8, 4) is 0 Å². The molecule has 0 saturated carbocycles. The quantitative estimate of drug-likeness (QED) is 0.732. The van der Waals surface area contributed by atoms with E-state index in [-0.39, 0.29) is 12.2 Å². The summed E-state index contributed by atoms with van der Waals surface area (Å²) in [5.74, 6) is -1.16. The van der Waals surface area contributed by atoms with Crippen LogP contribution < -0.4 is 9.62 Å². The predicted octanol–water partition coefficient (Wildman–Crippen LogP) is 3.32. The van der Waals surface area contributed by atoms with Gasteiger partial charge in [-0.15, -0.1) is 0 Å². The minimum atomic E-state index is -4.66. The molecule has 1 N–H and O–H groups in total. The SMILES string of the molecule is CC(C(=O)NCc1ccc(F)cc1)N(c1cccc(C(F)(F)F)c1)S(C)(=O)=O. The maximum Gasteiger partial charge on any atom is 0.416 e. The summed E-state index contributed by atoms with van der Waals surface area (Å²) in [5, 5.41) is 2.50. The number of hydrogen-bond donors (Lipinski definition) is 1. The third-order valence-corrected chi connectivity index (χ3v) is 5.14. The van der Waals surface area contributed by atoms with Crippen LogP contribution >= 0.6 is 0 Å². The summed E-state index contributed by atoms with van der Waals surface area (Å²) < 4.78 is 76.7. The van der Waals surface area contributed by atoms with Gasteiger partial charge in [-0.3, -0.25) is 9.10 Å². The van der Waals surface area contributed by atoms with E-state index in [9.17, 15) is 30.8 Å². The molecule has 2 aromatic rings. The standard InChI is InChI=1S/C18H18F4N2O3S/c1-12(17(25)23-11-13-6-8-15(19)9-7-13)24(28(2,26)27)16-5-3-4-14(10-16)18(20,21)22/h3-10,12H,11H2,1-2H3,(H,23,25). The van der Waals surface area contributed by atoms with Crippen molar-refractivity contribution in [1.82, 2.24) is 5.32 Å². The second-order valence-corrected chi connectivity index (χ2v) is 7.99. The Labute approximate surface area is 160 Å². The number of anilines is 1. The number of amides is 1. The number of sulfonamides is 1. The maximum absolute atomic E-state index is 13.0. The number of hydrogen-bond acceptors (Lipinski definition) is 3. The lowest BCUT2D eigenvalue weighted by Crippen LogP contribution is -2.47. The molecule has 1 atom stereocenters. The molecule has 0 spiro atoms. The van der Waals surface area contributed by atoms with Gasteiger partial charge in [0, 0.05) is 6.54 Å². The van der Waals surface area contributed by atoms with Gasteiger partial charge in [0.25, 0.3) is 0 Å². The summed E-state index contributed by atoms with van der Waals surface area (Å²) in [6, 6.07) is 7.72. The Bertz CT molecular complexity index is 944. The molecular formula is C18H18F4N2O3S. The lowest BCUT2D eigenvalue weighted by atomic mass is 10.1. The van der Waals surface area contributed by atoms with Gasteiger partial charge in [0.1, 0.15) is 11.9 Å². The highest BCUT2D eigenvalue weighted by atomic mass is 32.2. The van der Waals surface area contributed by atoms with Crippen LogP contribution in [0.2, 0.25) is 0 Å². The minimum Gasteiger partial charge on any atom is -0.350 e. The van der Waals surface area contributed by atoms with E-state index in [0.717, 1.165) is 18.4 Å². The molecule has 0 heterocycles. The molecule has 0 fully saturated rings. The number of nitrogens with zero attached hydrogens (tertiary/aromatic N) is 1. The average molecular weight is 418 g/mol. The molecule has 1 unspecified atom stereocenters. The Morgan fingerprint density at radius 2 is 1.75 bits per heavy atom. The normalized spacial score (nSPS) is 13.1. The maximum atomic E-state index is 13.0. The van der Waals surface area contributed by atoms with Gasteiger partial charge >= 0.3 is 6.18 Å². The Kier molecular flexibility index (Phi) is 6.33. The lowest BCUT2D eigenvalue weighted by molar-refractivity contribution is -0.137. The monoisotopic (exact) mass is 418 g/mol. The van der Waals surface area contributed by atoms with Crippen molar-refractivity contribution >= 4 is 21.6 Å². The zero-order valence-corrected chi connectivity index (χ0v) is 15.8. The first-order valence-electron chi connectivity index (χ1n) is 8.08. The highest BCUT2D eigenvalue weighted by molar-refractivity contribution is 7.92.